The Morgan fingerprint density at radius 1 is 0.773 bits per heavy atom. The number of aliphatic hydroxyl groups excluding tert-OH is 9. The zero-order chi connectivity index (χ0) is 17.2. The van der Waals surface area contributed by atoms with Crippen molar-refractivity contribution in [3.63, 3.8) is 0 Å². The summed E-state index contributed by atoms with van der Waals surface area (Å²) >= 11 is 0. The summed E-state index contributed by atoms with van der Waals surface area (Å²) in [6, 6.07) is 0. The number of aliphatic hydroxyl groups is 9. The fourth-order valence-electron chi connectivity index (χ4n) is 2.22. The number of ether oxygens (including phenoxy) is 1. The molecule has 0 amide bonds. The molecule has 9 N–H and O–H groups in total. The topological polar surface area (TPSA) is 191 Å². The summed E-state index contributed by atoms with van der Waals surface area (Å²) in [7, 11) is 0. The van der Waals surface area contributed by atoms with Gasteiger partial charge in [-0.05, 0) is 6.92 Å². The van der Waals surface area contributed by atoms with Crippen LogP contribution in [0.2, 0.25) is 0 Å². The third kappa shape index (κ3) is 4.11. The first-order chi connectivity index (χ1) is 10.1. The molecule has 1 aliphatic heterocycles. The normalized spacial score (nSPS) is 37.9. The first-order valence-corrected chi connectivity index (χ1v) is 6.83. The Morgan fingerprint density at radius 2 is 1.27 bits per heavy atom. The molecule has 10 atom stereocenters. The van der Waals surface area contributed by atoms with E-state index < -0.39 is 67.6 Å². The molecule has 10 nitrogen and oxygen atoms in total. The van der Waals surface area contributed by atoms with E-state index in [1.54, 1.807) is 0 Å². The summed E-state index contributed by atoms with van der Waals surface area (Å²) in [6.07, 6.45) is -17.4. The minimum Gasteiger partial charge on any atom is -0.391 e. The molecule has 0 aromatic heterocycles. The molecule has 10 heteroatoms. The van der Waals surface area contributed by atoms with E-state index in [1.165, 1.54) is 0 Å². The van der Waals surface area contributed by atoms with Crippen molar-refractivity contribution in [2.45, 2.75) is 68.0 Å². The van der Waals surface area contributed by atoms with Crippen molar-refractivity contribution < 1.29 is 50.7 Å². The summed E-state index contributed by atoms with van der Waals surface area (Å²) in [5.74, 6) is 0. The SMILES string of the molecule is C[C@@H](O)[C@@H](O)[C@H](O)[C@@H](O)[C@@H](O)[C@@H](O)[C@H]1OC[C@@H](O)[C@H](O)[C@@H]1O. The lowest BCUT2D eigenvalue weighted by Crippen LogP contribution is -2.61. The summed E-state index contributed by atoms with van der Waals surface area (Å²) in [6.45, 7) is 0.733. The van der Waals surface area contributed by atoms with Gasteiger partial charge in [0.25, 0.3) is 0 Å². The van der Waals surface area contributed by atoms with E-state index in [4.69, 9.17) is 9.84 Å². The van der Waals surface area contributed by atoms with Crippen LogP contribution in [0.1, 0.15) is 6.92 Å². The van der Waals surface area contributed by atoms with Crippen molar-refractivity contribution in [2.24, 2.45) is 0 Å². The van der Waals surface area contributed by atoms with Gasteiger partial charge < -0.3 is 50.7 Å². The van der Waals surface area contributed by atoms with Gasteiger partial charge in [0, 0.05) is 0 Å². The van der Waals surface area contributed by atoms with Crippen LogP contribution in [0.3, 0.4) is 0 Å². The van der Waals surface area contributed by atoms with Crippen molar-refractivity contribution in [2.75, 3.05) is 6.61 Å². The molecule has 0 aromatic rings. The minimum absolute atomic E-state index is 0.415. The maximum atomic E-state index is 9.91. The molecule has 0 aliphatic carbocycles. The second kappa shape index (κ2) is 7.93. The molecule has 22 heavy (non-hydrogen) atoms. The lowest BCUT2D eigenvalue weighted by Gasteiger charge is -2.40. The first kappa shape index (κ1) is 19.6. The average Bonchev–Trinajstić information content (AvgIpc) is 2.49. The molecule has 0 spiro atoms. The van der Waals surface area contributed by atoms with Crippen LogP contribution in [0.4, 0.5) is 0 Å². The molecule has 1 aliphatic rings. The third-order valence-corrected chi connectivity index (χ3v) is 3.77. The summed E-state index contributed by atoms with van der Waals surface area (Å²) in [4.78, 5) is 0. The molecule has 0 aromatic carbocycles. The largest absolute Gasteiger partial charge is 0.391 e. The van der Waals surface area contributed by atoms with E-state index in [2.05, 4.69) is 0 Å². The molecule has 1 rings (SSSR count). The van der Waals surface area contributed by atoms with Crippen molar-refractivity contribution in [3.8, 4) is 0 Å². The average molecular weight is 328 g/mol. The van der Waals surface area contributed by atoms with E-state index in [0.29, 0.717) is 0 Å². The van der Waals surface area contributed by atoms with Crippen LogP contribution in [0.15, 0.2) is 0 Å². The zero-order valence-corrected chi connectivity index (χ0v) is 11.9. The minimum atomic E-state index is -2.06. The van der Waals surface area contributed by atoms with Crippen LogP contribution in [-0.2, 0) is 4.74 Å². The lowest BCUT2D eigenvalue weighted by molar-refractivity contribution is -0.235. The van der Waals surface area contributed by atoms with Crippen LogP contribution >= 0.6 is 0 Å². The monoisotopic (exact) mass is 328 g/mol. The molecular weight excluding hydrogens is 304 g/mol. The van der Waals surface area contributed by atoms with Crippen LogP contribution in [0, 0.1) is 0 Å². The Kier molecular flexibility index (Phi) is 7.08. The Morgan fingerprint density at radius 3 is 1.77 bits per heavy atom. The quantitative estimate of drug-likeness (QED) is 0.227. The van der Waals surface area contributed by atoms with E-state index in [-0.39, 0.29) is 0 Å². The summed E-state index contributed by atoms with van der Waals surface area (Å²) in [5, 5.41) is 86.1. The number of hydrogen-bond donors (Lipinski definition) is 9. The van der Waals surface area contributed by atoms with E-state index in [1.807, 2.05) is 0 Å². The van der Waals surface area contributed by atoms with Crippen molar-refractivity contribution in [1.82, 2.24) is 0 Å². The molecule has 0 bridgehead atoms. The van der Waals surface area contributed by atoms with Crippen molar-refractivity contribution in [3.05, 3.63) is 0 Å². The summed E-state index contributed by atoms with van der Waals surface area (Å²) < 4.78 is 4.92. The Balaban J connectivity index is 2.73. The van der Waals surface area contributed by atoms with Gasteiger partial charge in [-0.1, -0.05) is 0 Å². The van der Waals surface area contributed by atoms with Gasteiger partial charge >= 0.3 is 0 Å². The fourth-order valence-corrected chi connectivity index (χ4v) is 2.22. The van der Waals surface area contributed by atoms with Crippen molar-refractivity contribution in [1.29, 1.82) is 0 Å². The maximum absolute atomic E-state index is 9.91. The second-order valence-corrected chi connectivity index (χ2v) is 5.54. The highest BCUT2D eigenvalue weighted by molar-refractivity contribution is 4.96. The smallest absolute Gasteiger partial charge is 0.115 e. The van der Waals surface area contributed by atoms with Gasteiger partial charge in [-0.25, -0.2) is 0 Å². The van der Waals surface area contributed by atoms with Gasteiger partial charge in [0.1, 0.15) is 54.9 Å². The first-order valence-electron chi connectivity index (χ1n) is 6.83. The van der Waals surface area contributed by atoms with Gasteiger partial charge in [0.2, 0.25) is 0 Å². The molecule has 1 heterocycles. The molecule has 1 saturated heterocycles. The third-order valence-electron chi connectivity index (χ3n) is 3.77. The predicted molar refractivity (Wildman–Crippen MR) is 69.5 cm³/mol. The molecular formula is C12H24O10. The molecule has 132 valence electrons. The second-order valence-electron chi connectivity index (χ2n) is 5.54. The van der Waals surface area contributed by atoms with Gasteiger partial charge in [-0.2, -0.15) is 0 Å². The van der Waals surface area contributed by atoms with Gasteiger partial charge in [-0.3, -0.25) is 0 Å². The van der Waals surface area contributed by atoms with Crippen molar-refractivity contribution >= 4 is 0 Å². The van der Waals surface area contributed by atoms with Crippen LogP contribution in [-0.4, -0.2) is 114 Å². The Hall–Kier alpha value is -0.400. The zero-order valence-electron chi connectivity index (χ0n) is 11.9. The molecule has 0 saturated carbocycles. The van der Waals surface area contributed by atoms with Gasteiger partial charge in [0.05, 0.1) is 12.7 Å². The van der Waals surface area contributed by atoms with E-state index in [9.17, 15) is 40.9 Å². The van der Waals surface area contributed by atoms with Crippen LogP contribution < -0.4 is 0 Å². The highest BCUT2D eigenvalue weighted by Crippen LogP contribution is 2.22. The summed E-state index contributed by atoms with van der Waals surface area (Å²) in [5.41, 5.74) is 0. The standard InChI is InChI=1S/C12H24O10/c1-3(13)5(15)7(17)8(18)9(19)11(21)12-10(20)6(16)4(14)2-22-12/h3-21H,2H2,1H3/t3-,4-,5-,6+,7+,8-,9-,10+,11-,12+/m1/s1. The van der Waals surface area contributed by atoms with E-state index >= 15 is 0 Å². The van der Waals surface area contributed by atoms with Gasteiger partial charge in [-0.15, -0.1) is 0 Å². The molecule has 1 fully saturated rings. The number of rotatable bonds is 6. The van der Waals surface area contributed by atoms with E-state index in [0.717, 1.165) is 6.92 Å². The lowest BCUT2D eigenvalue weighted by atomic mass is 9.89. The van der Waals surface area contributed by atoms with Gasteiger partial charge in [0.15, 0.2) is 0 Å². The molecule has 0 unspecified atom stereocenters. The Bertz CT molecular complexity index is 340. The fraction of sp³-hybridized carbons (Fsp3) is 1.00. The van der Waals surface area contributed by atoms with Crippen LogP contribution in [0.5, 0.6) is 0 Å². The predicted octanol–water partition coefficient (Wildman–Crippen LogP) is -5.35. The Labute approximate surface area is 126 Å². The maximum Gasteiger partial charge on any atom is 0.115 e. The highest BCUT2D eigenvalue weighted by atomic mass is 16.5. The highest BCUT2D eigenvalue weighted by Gasteiger charge is 2.46. The number of hydrogen-bond acceptors (Lipinski definition) is 10. The van der Waals surface area contributed by atoms with Crippen LogP contribution in [0.25, 0.3) is 0 Å². The molecule has 0 radical (unpaired) electrons.